The van der Waals surface area contributed by atoms with Gasteiger partial charge in [0.25, 0.3) is 0 Å². The van der Waals surface area contributed by atoms with Crippen LogP contribution in [0.15, 0.2) is 42.6 Å². The van der Waals surface area contributed by atoms with Gasteiger partial charge >= 0.3 is 6.18 Å². The summed E-state index contributed by atoms with van der Waals surface area (Å²) in [7, 11) is 0. The number of carbonyl (C=O) groups is 1. The number of alkyl halides is 3. The third-order valence-electron chi connectivity index (χ3n) is 2.68. The second-order valence-corrected chi connectivity index (χ2v) is 4.03. The fourth-order valence-corrected chi connectivity index (χ4v) is 1.75. The maximum atomic E-state index is 12.8. The van der Waals surface area contributed by atoms with E-state index in [9.17, 15) is 18.0 Å². The molecule has 0 spiro atoms. The van der Waals surface area contributed by atoms with Gasteiger partial charge in [-0.3, -0.25) is 9.78 Å². The lowest BCUT2D eigenvalue weighted by Crippen LogP contribution is -2.09. The topological polar surface area (TPSA) is 30.0 Å². The first-order chi connectivity index (χ1) is 8.89. The van der Waals surface area contributed by atoms with Crippen LogP contribution in [0, 0.1) is 0 Å². The molecule has 2 rings (SSSR count). The van der Waals surface area contributed by atoms with Crippen LogP contribution in [0.2, 0.25) is 0 Å². The first-order valence-corrected chi connectivity index (χ1v) is 5.53. The molecule has 19 heavy (non-hydrogen) atoms. The van der Waals surface area contributed by atoms with E-state index >= 15 is 0 Å². The van der Waals surface area contributed by atoms with Gasteiger partial charge in [0.15, 0.2) is 11.5 Å². The summed E-state index contributed by atoms with van der Waals surface area (Å²) >= 11 is 0. The molecule has 0 saturated heterocycles. The number of rotatable bonds is 2. The van der Waals surface area contributed by atoms with E-state index < -0.39 is 11.9 Å². The molecule has 2 aromatic rings. The lowest BCUT2D eigenvalue weighted by Gasteiger charge is -2.11. The van der Waals surface area contributed by atoms with Gasteiger partial charge in [-0.1, -0.05) is 30.3 Å². The summed E-state index contributed by atoms with van der Waals surface area (Å²) in [5.74, 6) is -0.131. The molecule has 0 unspecified atom stereocenters. The van der Waals surface area contributed by atoms with Crippen LogP contribution in [0.5, 0.6) is 0 Å². The molecule has 1 aromatic carbocycles. The normalized spacial score (nSPS) is 11.4. The third-order valence-corrected chi connectivity index (χ3v) is 2.68. The summed E-state index contributed by atoms with van der Waals surface area (Å²) in [6.45, 7) is 1.40. The zero-order valence-electron chi connectivity index (χ0n) is 10.0. The molecule has 0 saturated carbocycles. The summed E-state index contributed by atoms with van der Waals surface area (Å²) in [5.41, 5.74) is -0.0812. The molecule has 1 aromatic heterocycles. The van der Waals surface area contributed by atoms with Crippen molar-refractivity contribution in [2.75, 3.05) is 0 Å². The molecule has 0 radical (unpaired) electrons. The van der Waals surface area contributed by atoms with Crippen LogP contribution < -0.4 is 0 Å². The number of pyridine rings is 1. The number of nitrogens with zero attached hydrogens (tertiary/aromatic N) is 1. The highest BCUT2D eigenvalue weighted by molar-refractivity contribution is 5.94. The quantitative estimate of drug-likeness (QED) is 0.769. The minimum atomic E-state index is -4.50. The number of benzene rings is 1. The van der Waals surface area contributed by atoms with Crippen molar-refractivity contribution >= 4 is 5.78 Å². The monoisotopic (exact) mass is 265 g/mol. The number of carbonyl (C=O) groups excluding carboxylic acids is 1. The summed E-state index contributed by atoms with van der Waals surface area (Å²) in [6.07, 6.45) is -3.40. The van der Waals surface area contributed by atoms with Gasteiger partial charge in [0, 0.05) is 17.3 Å². The predicted molar refractivity (Wildman–Crippen MR) is 64.7 cm³/mol. The second kappa shape index (κ2) is 4.84. The maximum absolute atomic E-state index is 12.8. The van der Waals surface area contributed by atoms with Crippen LogP contribution in [0.1, 0.15) is 23.0 Å². The molecule has 2 nitrogen and oxygen atoms in total. The van der Waals surface area contributed by atoms with Crippen LogP contribution in [0.4, 0.5) is 13.2 Å². The number of hydrogen-bond donors (Lipinski definition) is 0. The Morgan fingerprint density at radius 3 is 2.26 bits per heavy atom. The van der Waals surface area contributed by atoms with Gasteiger partial charge in [0.1, 0.15) is 0 Å². The highest BCUT2D eigenvalue weighted by atomic mass is 19.4. The van der Waals surface area contributed by atoms with Crippen molar-refractivity contribution in [1.29, 1.82) is 0 Å². The average Bonchev–Trinajstić information content (AvgIpc) is 2.38. The molecular formula is C14H10F3NO. The Balaban J connectivity index is 2.50. The molecule has 0 aliphatic heterocycles. The zero-order valence-corrected chi connectivity index (χ0v) is 10.0. The van der Waals surface area contributed by atoms with Gasteiger partial charge < -0.3 is 0 Å². The van der Waals surface area contributed by atoms with Crippen molar-refractivity contribution in [3.05, 3.63) is 53.9 Å². The van der Waals surface area contributed by atoms with Crippen molar-refractivity contribution in [2.45, 2.75) is 13.1 Å². The van der Waals surface area contributed by atoms with E-state index in [4.69, 9.17) is 0 Å². The molecule has 0 fully saturated rings. The van der Waals surface area contributed by atoms with Crippen LogP contribution in [-0.2, 0) is 6.18 Å². The Hall–Kier alpha value is -2.17. The van der Waals surface area contributed by atoms with E-state index in [0.29, 0.717) is 11.1 Å². The molecule has 0 atom stereocenters. The Kier molecular flexibility index (Phi) is 3.38. The number of aromatic nitrogens is 1. The van der Waals surface area contributed by atoms with Gasteiger partial charge in [0.05, 0.1) is 0 Å². The fraction of sp³-hybridized carbons (Fsp3) is 0.143. The minimum absolute atomic E-state index is 0.00472. The van der Waals surface area contributed by atoms with E-state index in [1.807, 2.05) is 0 Å². The standard InChI is InChI=1S/C14H10F3NO/c1-9(19)10-4-6-11(7-5-10)12-3-2-8-18-13(12)14(15,16)17/h2-8H,1H3. The Morgan fingerprint density at radius 2 is 1.74 bits per heavy atom. The lowest BCUT2D eigenvalue weighted by molar-refractivity contribution is -0.140. The van der Waals surface area contributed by atoms with E-state index in [0.717, 1.165) is 6.20 Å². The van der Waals surface area contributed by atoms with Crippen LogP contribution in [0.25, 0.3) is 11.1 Å². The van der Waals surface area contributed by atoms with Gasteiger partial charge in [-0.15, -0.1) is 0 Å². The second-order valence-electron chi connectivity index (χ2n) is 4.03. The molecule has 0 aliphatic carbocycles. The third kappa shape index (κ3) is 2.81. The molecule has 0 N–H and O–H groups in total. The van der Waals surface area contributed by atoms with Crippen molar-refractivity contribution < 1.29 is 18.0 Å². The van der Waals surface area contributed by atoms with Crippen LogP contribution in [0.3, 0.4) is 0 Å². The van der Waals surface area contributed by atoms with Gasteiger partial charge in [-0.25, -0.2) is 0 Å². The molecule has 0 aliphatic rings. The first kappa shape index (κ1) is 13.3. The Labute approximate surface area is 107 Å². The number of hydrogen-bond acceptors (Lipinski definition) is 2. The van der Waals surface area contributed by atoms with Crippen molar-refractivity contribution in [3.63, 3.8) is 0 Å². The summed E-state index contributed by atoms with van der Waals surface area (Å²) in [6, 6.07) is 8.80. The predicted octanol–water partition coefficient (Wildman–Crippen LogP) is 3.97. The van der Waals surface area contributed by atoms with Crippen molar-refractivity contribution in [3.8, 4) is 11.1 Å². The molecule has 0 amide bonds. The molecule has 1 heterocycles. The van der Waals surface area contributed by atoms with E-state index in [1.54, 1.807) is 0 Å². The first-order valence-electron chi connectivity index (χ1n) is 5.53. The van der Waals surface area contributed by atoms with Crippen molar-refractivity contribution in [2.24, 2.45) is 0 Å². The van der Waals surface area contributed by atoms with E-state index in [-0.39, 0.29) is 11.3 Å². The molecule has 98 valence electrons. The van der Waals surface area contributed by atoms with Gasteiger partial charge in [0.2, 0.25) is 0 Å². The van der Waals surface area contributed by atoms with Gasteiger partial charge in [-0.2, -0.15) is 13.2 Å². The highest BCUT2D eigenvalue weighted by Gasteiger charge is 2.35. The number of ketones is 1. The summed E-state index contributed by atoms with van der Waals surface area (Å²) in [5, 5.41) is 0. The molecular weight excluding hydrogens is 255 g/mol. The van der Waals surface area contributed by atoms with Crippen LogP contribution in [-0.4, -0.2) is 10.8 Å². The number of halogens is 3. The van der Waals surface area contributed by atoms with Crippen molar-refractivity contribution in [1.82, 2.24) is 4.98 Å². The average molecular weight is 265 g/mol. The zero-order chi connectivity index (χ0) is 14.0. The fourth-order valence-electron chi connectivity index (χ4n) is 1.75. The lowest BCUT2D eigenvalue weighted by atomic mass is 10.0. The Bertz CT molecular complexity index is 603. The summed E-state index contributed by atoms with van der Waals surface area (Å²) in [4.78, 5) is 14.5. The number of Topliss-reactive ketones (excluding diaryl/α,β-unsaturated/α-hetero) is 1. The smallest absolute Gasteiger partial charge is 0.295 e. The van der Waals surface area contributed by atoms with E-state index in [1.165, 1.54) is 43.3 Å². The SMILES string of the molecule is CC(=O)c1ccc(-c2cccnc2C(F)(F)F)cc1. The summed E-state index contributed by atoms with van der Waals surface area (Å²) < 4.78 is 38.5. The largest absolute Gasteiger partial charge is 0.433 e. The van der Waals surface area contributed by atoms with Gasteiger partial charge in [-0.05, 0) is 18.6 Å². The Morgan fingerprint density at radius 1 is 1.11 bits per heavy atom. The van der Waals surface area contributed by atoms with E-state index in [2.05, 4.69) is 4.98 Å². The minimum Gasteiger partial charge on any atom is -0.295 e. The highest BCUT2D eigenvalue weighted by Crippen LogP contribution is 2.35. The maximum Gasteiger partial charge on any atom is 0.433 e. The molecule has 0 bridgehead atoms. The van der Waals surface area contributed by atoms with Crippen LogP contribution >= 0.6 is 0 Å². The molecule has 5 heteroatoms.